The fourth-order valence-electron chi connectivity index (χ4n) is 2.43. The van der Waals surface area contributed by atoms with E-state index in [2.05, 4.69) is 24.3 Å². The van der Waals surface area contributed by atoms with Crippen molar-refractivity contribution < 1.29 is 39.3 Å². The number of ketones is 2. The first-order valence-corrected chi connectivity index (χ1v) is 8.95. The van der Waals surface area contributed by atoms with Crippen LogP contribution in [0.2, 0.25) is 0 Å². The molecule has 0 saturated carbocycles. The van der Waals surface area contributed by atoms with Crippen molar-refractivity contribution in [3.05, 3.63) is 62.8 Å². The Morgan fingerprint density at radius 3 is 1.25 bits per heavy atom. The van der Waals surface area contributed by atoms with Gasteiger partial charge in [0, 0.05) is 25.0 Å². The molecule has 0 radical (unpaired) electrons. The van der Waals surface area contributed by atoms with Crippen molar-refractivity contribution >= 4 is 11.6 Å². The average molecular weight is 480 g/mol. The summed E-state index contributed by atoms with van der Waals surface area (Å²) in [6, 6.07) is 0. The van der Waals surface area contributed by atoms with Crippen LogP contribution in [0, 0.1) is 26.7 Å². The zero-order valence-corrected chi connectivity index (χ0v) is 20.0. The normalized spacial score (nSPS) is 18.3. The minimum atomic E-state index is -0.00231. The molecular formula is C23H38O4Ru. The van der Waals surface area contributed by atoms with Crippen molar-refractivity contribution in [3.8, 4) is 0 Å². The monoisotopic (exact) mass is 480 g/mol. The van der Waals surface area contributed by atoms with Crippen molar-refractivity contribution in [2.45, 2.75) is 59.8 Å². The first kappa shape index (κ1) is 34.1. The van der Waals surface area contributed by atoms with E-state index in [1.807, 2.05) is 13.8 Å². The summed E-state index contributed by atoms with van der Waals surface area (Å²) in [5.41, 5.74) is 0. The van der Waals surface area contributed by atoms with Crippen molar-refractivity contribution in [1.82, 2.24) is 0 Å². The molecule has 0 spiro atoms. The van der Waals surface area contributed by atoms with Gasteiger partial charge in [0.05, 0.1) is 11.5 Å². The van der Waals surface area contributed by atoms with Crippen LogP contribution in [0.4, 0.5) is 0 Å². The molecule has 2 rings (SSSR count). The maximum absolute atomic E-state index is 10.6. The first-order valence-electron chi connectivity index (χ1n) is 8.95. The molecule has 0 heterocycles. The molecule has 5 heteroatoms. The van der Waals surface area contributed by atoms with Gasteiger partial charge < -0.3 is 25.1 Å². The first-order chi connectivity index (χ1) is 11.8. The van der Waals surface area contributed by atoms with Gasteiger partial charge in [-0.2, -0.15) is 0 Å². The molecule has 0 unspecified atom stereocenters. The Bertz CT molecular complexity index is 477. The molecule has 0 fully saturated rings. The molecule has 0 aromatic rings. The standard InChI is InChI=1S/2C7H12O2.C7H8.2CH3.Ru/c2*1-3-4-7(9)5-6(2)8;1-2-7-4-3-6(1)5-7;;;/h2*5,8H,3-4H2,1-2H3;1-4,6-7H,5H2;2*1H3;/q;;;2*-1;+2. The average Bonchev–Trinajstić information content (AvgIpc) is 3.12. The van der Waals surface area contributed by atoms with Gasteiger partial charge in [0.25, 0.3) is 0 Å². The smallest absolute Gasteiger partial charge is 0.512 e. The predicted molar refractivity (Wildman–Crippen MR) is 115 cm³/mol. The topological polar surface area (TPSA) is 74.6 Å². The molecule has 2 bridgehead atoms. The van der Waals surface area contributed by atoms with Crippen LogP contribution in [0.1, 0.15) is 59.8 Å². The minimum Gasteiger partial charge on any atom is -0.512 e. The molecule has 2 aliphatic carbocycles. The largest absolute Gasteiger partial charge is 2.00 e. The molecule has 0 aromatic carbocycles. The molecule has 2 aliphatic rings. The summed E-state index contributed by atoms with van der Waals surface area (Å²) in [7, 11) is 0. The van der Waals surface area contributed by atoms with E-state index in [0.29, 0.717) is 12.8 Å². The fraction of sp³-hybridized carbons (Fsp3) is 0.478. The van der Waals surface area contributed by atoms with Crippen molar-refractivity contribution in [1.29, 1.82) is 0 Å². The van der Waals surface area contributed by atoms with Crippen LogP contribution in [0.3, 0.4) is 0 Å². The SMILES string of the molecule is C1=CC2C=CC1C2.CCCC(=O)C=C(C)O.CCCC(=O)C=C(C)O.[CH3-].[CH3-].[Ru+2]. The summed E-state index contributed by atoms with van der Waals surface area (Å²) in [4.78, 5) is 21.2. The maximum Gasteiger partial charge on any atom is 2.00 e. The van der Waals surface area contributed by atoms with E-state index < -0.39 is 0 Å². The Morgan fingerprint density at radius 1 is 0.821 bits per heavy atom. The summed E-state index contributed by atoms with van der Waals surface area (Å²) in [5, 5.41) is 17.2. The van der Waals surface area contributed by atoms with Crippen molar-refractivity contribution in [2.75, 3.05) is 0 Å². The number of hydrogen-bond acceptors (Lipinski definition) is 4. The minimum absolute atomic E-state index is 0. The maximum atomic E-state index is 10.6. The zero-order chi connectivity index (χ0) is 19.2. The second-order valence-electron chi connectivity index (χ2n) is 6.34. The third-order valence-corrected chi connectivity index (χ3v) is 3.49. The number of aliphatic hydroxyl groups is 2. The molecule has 162 valence electrons. The molecule has 4 nitrogen and oxygen atoms in total. The van der Waals surface area contributed by atoms with Gasteiger partial charge in [-0.05, 0) is 44.9 Å². The fourth-order valence-corrected chi connectivity index (χ4v) is 2.43. The molecule has 0 aromatic heterocycles. The Hall–Kier alpha value is -1.48. The predicted octanol–water partition coefficient (Wildman–Crippen LogP) is 6.28. The number of carbonyl (C=O) groups excluding carboxylic acids is 2. The Kier molecular flexibility index (Phi) is 24.6. The van der Waals surface area contributed by atoms with E-state index >= 15 is 0 Å². The van der Waals surface area contributed by atoms with Crippen LogP contribution < -0.4 is 0 Å². The van der Waals surface area contributed by atoms with Crippen molar-refractivity contribution in [2.24, 2.45) is 11.8 Å². The van der Waals surface area contributed by atoms with Gasteiger partial charge in [-0.25, -0.2) is 0 Å². The van der Waals surface area contributed by atoms with Gasteiger partial charge in [0.1, 0.15) is 0 Å². The van der Waals surface area contributed by atoms with Crippen LogP contribution in [-0.2, 0) is 29.1 Å². The number of aliphatic hydroxyl groups excluding tert-OH is 2. The van der Waals surface area contributed by atoms with Gasteiger partial charge in [-0.3, -0.25) is 9.59 Å². The van der Waals surface area contributed by atoms with E-state index in [-0.39, 0.29) is 57.4 Å². The molecule has 0 aliphatic heterocycles. The van der Waals surface area contributed by atoms with Crippen LogP contribution in [-0.4, -0.2) is 21.8 Å². The molecule has 28 heavy (non-hydrogen) atoms. The van der Waals surface area contributed by atoms with E-state index in [0.717, 1.165) is 24.7 Å². The Balaban J connectivity index is -0.000000147. The van der Waals surface area contributed by atoms with Crippen LogP contribution in [0.25, 0.3) is 0 Å². The number of carbonyl (C=O) groups is 2. The second-order valence-corrected chi connectivity index (χ2v) is 6.34. The summed E-state index contributed by atoms with van der Waals surface area (Å²) in [6.45, 7) is 6.85. The summed E-state index contributed by atoms with van der Waals surface area (Å²) in [6.07, 6.45) is 15.8. The molecular weight excluding hydrogens is 441 g/mol. The van der Waals surface area contributed by atoms with Gasteiger partial charge >= 0.3 is 19.5 Å². The van der Waals surface area contributed by atoms with Crippen LogP contribution in [0.15, 0.2) is 48.0 Å². The van der Waals surface area contributed by atoms with Crippen molar-refractivity contribution in [3.63, 3.8) is 0 Å². The van der Waals surface area contributed by atoms with E-state index in [1.165, 1.54) is 32.4 Å². The quantitative estimate of drug-likeness (QED) is 0.155. The second kappa shape index (κ2) is 20.3. The van der Waals surface area contributed by atoms with Gasteiger partial charge in [-0.15, -0.1) is 0 Å². The van der Waals surface area contributed by atoms with E-state index in [4.69, 9.17) is 10.2 Å². The molecule has 0 amide bonds. The summed E-state index contributed by atoms with van der Waals surface area (Å²) >= 11 is 0. The third kappa shape index (κ3) is 19.3. The number of hydrogen-bond donors (Lipinski definition) is 2. The molecule has 0 atom stereocenters. The molecule has 0 saturated heterocycles. The third-order valence-electron chi connectivity index (χ3n) is 3.49. The number of allylic oxidation sites excluding steroid dienone is 8. The molecule has 2 N–H and O–H groups in total. The van der Waals surface area contributed by atoms with Gasteiger partial charge in [0.15, 0.2) is 11.6 Å². The summed E-state index contributed by atoms with van der Waals surface area (Å²) < 4.78 is 0. The van der Waals surface area contributed by atoms with E-state index in [9.17, 15) is 9.59 Å². The zero-order valence-electron chi connectivity index (χ0n) is 18.2. The van der Waals surface area contributed by atoms with Crippen LogP contribution >= 0.6 is 0 Å². The Morgan fingerprint density at radius 2 is 1.11 bits per heavy atom. The van der Waals surface area contributed by atoms with Gasteiger partial charge in [-0.1, -0.05) is 38.2 Å². The number of fused-ring (bicyclic) bond motifs is 2. The summed E-state index contributed by atoms with van der Waals surface area (Å²) in [5.74, 6) is 1.80. The van der Waals surface area contributed by atoms with Crippen LogP contribution in [0.5, 0.6) is 0 Å². The van der Waals surface area contributed by atoms with Gasteiger partial charge in [0.2, 0.25) is 0 Å². The number of rotatable bonds is 6. The van der Waals surface area contributed by atoms with E-state index in [1.54, 1.807) is 0 Å². The Labute approximate surface area is 185 Å².